The van der Waals surface area contributed by atoms with Gasteiger partial charge in [-0.2, -0.15) is 5.26 Å². The second-order valence-corrected chi connectivity index (χ2v) is 8.79. The van der Waals surface area contributed by atoms with Crippen molar-refractivity contribution in [3.8, 4) is 33.8 Å². The van der Waals surface area contributed by atoms with E-state index in [1.807, 2.05) is 18.0 Å². The van der Waals surface area contributed by atoms with Crippen LogP contribution in [0.3, 0.4) is 0 Å². The first-order valence-electron chi connectivity index (χ1n) is 10.1. The molecule has 5 rings (SSSR count). The number of halogens is 1. The van der Waals surface area contributed by atoms with E-state index in [0.29, 0.717) is 33.7 Å². The molecule has 1 aromatic carbocycles. The summed E-state index contributed by atoms with van der Waals surface area (Å²) in [6.07, 6.45) is 3.20. The zero-order valence-electron chi connectivity index (χ0n) is 16.7. The van der Waals surface area contributed by atoms with Gasteiger partial charge >= 0.3 is 0 Å². The van der Waals surface area contributed by atoms with Crippen molar-refractivity contribution in [3.05, 3.63) is 35.5 Å². The predicted molar refractivity (Wildman–Crippen MR) is 114 cm³/mol. The van der Waals surface area contributed by atoms with Crippen molar-refractivity contribution in [2.45, 2.75) is 43.6 Å². The Hall–Kier alpha value is -3.16. The third-order valence-electron chi connectivity index (χ3n) is 6.07. The lowest BCUT2D eigenvalue weighted by molar-refractivity contribution is 0.176. The molecule has 4 heterocycles. The van der Waals surface area contributed by atoms with Gasteiger partial charge in [-0.25, -0.2) is 14.4 Å². The fourth-order valence-electron chi connectivity index (χ4n) is 4.38. The summed E-state index contributed by atoms with van der Waals surface area (Å²) in [5.41, 5.74) is 1.48. The predicted octanol–water partition coefficient (Wildman–Crippen LogP) is 2.91. The standard InChI is InChI=1S/C21H20FN7OS/c1-29(16-7-12-3-5-15(25-12)19(16)22)18-9-24-20(28-27-18)14-4-2-11(6-17(14)30)21-26-13(8-23)10-31-21/h2,4,6,9-10,12,15-16,19,25,30H,3,5,7H2,1H3/t12-,15+,16+,19-/m1/s1. The van der Waals surface area contributed by atoms with Crippen molar-refractivity contribution < 1.29 is 9.50 Å². The number of hydrogen-bond donors (Lipinski definition) is 2. The van der Waals surface area contributed by atoms with Crippen LogP contribution in [0, 0.1) is 11.3 Å². The third kappa shape index (κ3) is 3.60. The molecule has 4 atom stereocenters. The average molecular weight is 438 g/mol. The molecule has 0 radical (unpaired) electrons. The summed E-state index contributed by atoms with van der Waals surface area (Å²) < 4.78 is 14.8. The van der Waals surface area contributed by atoms with Gasteiger partial charge in [0.25, 0.3) is 0 Å². The maximum absolute atomic E-state index is 14.8. The number of phenolic OH excluding ortho intramolecular Hbond substituents is 1. The first kappa shape index (κ1) is 19.8. The smallest absolute Gasteiger partial charge is 0.185 e. The van der Waals surface area contributed by atoms with Gasteiger partial charge in [0.05, 0.1) is 17.8 Å². The molecule has 8 nitrogen and oxygen atoms in total. The molecule has 158 valence electrons. The summed E-state index contributed by atoms with van der Waals surface area (Å²) in [7, 11) is 1.82. The van der Waals surface area contributed by atoms with Crippen LogP contribution >= 0.6 is 11.3 Å². The molecule has 2 bridgehead atoms. The summed E-state index contributed by atoms with van der Waals surface area (Å²) in [5.74, 6) is 0.772. The minimum absolute atomic E-state index is 0.00661. The number of alkyl halides is 1. The van der Waals surface area contributed by atoms with Crippen LogP contribution in [-0.4, -0.2) is 56.6 Å². The molecule has 0 amide bonds. The molecule has 0 saturated carbocycles. The highest BCUT2D eigenvalue weighted by Gasteiger charge is 2.43. The van der Waals surface area contributed by atoms with Crippen LogP contribution in [0.1, 0.15) is 25.0 Å². The van der Waals surface area contributed by atoms with Crippen LogP contribution in [-0.2, 0) is 0 Å². The van der Waals surface area contributed by atoms with Crippen LogP contribution in [0.4, 0.5) is 10.2 Å². The lowest BCUT2D eigenvalue weighted by atomic mass is 9.96. The maximum Gasteiger partial charge on any atom is 0.185 e. The molecule has 2 N–H and O–H groups in total. The molecule has 2 aliphatic heterocycles. The number of rotatable bonds is 4. The molecule has 2 saturated heterocycles. The van der Waals surface area contributed by atoms with E-state index in [0.717, 1.165) is 19.3 Å². The highest BCUT2D eigenvalue weighted by Crippen LogP contribution is 2.35. The van der Waals surface area contributed by atoms with Crippen LogP contribution in [0.15, 0.2) is 29.8 Å². The Bertz CT molecular complexity index is 1150. The van der Waals surface area contributed by atoms with Crippen molar-refractivity contribution >= 4 is 17.2 Å². The number of phenols is 1. The average Bonchev–Trinajstić information content (AvgIpc) is 3.43. The van der Waals surface area contributed by atoms with E-state index in [-0.39, 0.29) is 23.7 Å². The largest absolute Gasteiger partial charge is 0.507 e. The first-order valence-corrected chi connectivity index (χ1v) is 10.9. The number of nitrogens with one attached hydrogen (secondary N) is 1. The Morgan fingerprint density at radius 3 is 2.90 bits per heavy atom. The molecule has 3 aromatic rings. The fourth-order valence-corrected chi connectivity index (χ4v) is 5.13. The van der Waals surface area contributed by atoms with Crippen molar-refractivity contribution in [1.82, 2.24) is 25.5 Å². The Balaban J connectivity index is 1.35. The van der Waals surface area contributed by atoms with Gasteiger partial charge in [0.1, 0.15) is 23.0 Å². The molecule has 10 heteroatoms. The quantitative estimate of drug-likeness (QED) is 0.641. The van der Waals surface area contributed by atoms with E-state index in [1.54, 1.807) is 29.8 Å². The number of piperidine rings is 1. The summed E-state index contributed by atoms with van der Waals surface area (Å²) in [5, 5.41) is 33.5. The lowest BCUT2D eigenvalue weighted by Gasteiger charge is -2.38. The topological polar surface area (TPSA) is 111 Å². The molecule has 0 aliphatic carbocycles. The summed E-state index contributed by atoms with van der Waals surface area (Å²) in [6, 6.07) is 7.04. The Kier molecular flexibility index (Phi) is 5.00. The van der Waals surface area contributed by atoms with Gasteiger partial charge in [-0.3, -0.25) is 0 Å². The number of nitriles is 1. The Morgan fingerprint density at radius 2 is 2.19 bits per heavy atom. The second-order valence-electron chi connectivity index (χ2n) is 7.93. The van der Waals surface area contributed by atoms with Gasteiger partial charge in [0, 0.05) is 30.1 Å². The third-order valence-corrected chi connectivity index (χ3v) is 6.96. The molecular weight excluding hydrogens is 417 g/mol. The molecule has 2 fully saturated rings. The van der Waals surface area contributed by atoms with E-state index < -0.39 is 6.17 Å². The Morgan fingerprint density at radius 1 is 1.32 bits per heavy atom. The monoisotopic (exact) mass is 437 g/mol. The first-order chi connectivity index (χ1) is 15.0. The normalized spacial score (nSPS) is 24.7. The number of anilines is 1. The van der Waals surface area contributed by atoms with E-state index in [9.17, 15) is 9.50 Å². The number of fused-ring (bicyclic) bond motifs is 2. The highest BCUT2D eigenvalue weighted by molar-refractivity contribution is 7.13. The summed E-state index contributed by atoms with van der Waals surface area (Å²) >= 11 is 1.33. The van der Waals surface area contributed by atoms with Gasteiger partial charge in [0.2, 0.25) is 0 Å². The van der Waals surface area contributed by atoms with Gasteiger partial charge < -0.3 is 15.3 Å². The summed E-state index contributed by atoms with van der Waals surface area (Å²) in [4.78, 5) is 10.4. The molecule has 2 aromatic heterocycles. The second kappa shape index (κ2) is 7.83. The lowest BCUT2D eigenvalue weighted by Crippen LogP contribution is -2.55. The van der Waals surface area contributed by atoms with Crippen molar-refractivity contribution in [3.63, 3.8) is 0 Å². The fraction of sp³-hybridized carbons (Fsp3) is 0.381. The maximum atomic E-state index is 14.8. The van der Waals surface area contributed by atoms with Crippen LogP contribution in [0.25, 0.3) is 22.0 Å². The molecule has 2 aliphatic rings. The minimum Gasteiger partial charge on any atom is -0.507 e. The Labute approximate surface area is 182 Å². The van der Waals surface area contributed by atoms with Gasteiger partial charge in [-0.1, -0.05) is 6.07 Å². The summed E-state index contributed by atoms with van der Waals surface area (Å²) in [6.45, 7) is 0. The SMILES string of the molecule is CN(c1cnc(-c2ccc(-c3nc(C#N)cs3)cc2O)nn1)[C@H]1C[C@H]2CC[C@H](N2)[C@H]1F. The van der Waals surface area contributed by atoms with Gasteiger partial charge in [-0.05, 0) is 31.4 Å². The number of thiazole rings is 1. The zero-order valence-corrected chi connectivity index (χ0v) is 17.6. The van der Waals surface area contributed by atoms with E-state index in [2.05, 4.69) is 25.5 Å². The van der Waals surface area contributed by atoms with Gasteiger partial charge in [-0.15, -0.1) is 21.5 Å². The number of aromatic hydroxyl groups is 1. The van der Waals surface area contributed by atoms with E-state index >= 15 is 0 Å². The van der Waals surface area contributed by atoms with Crippen LogP contribution in [0.5, 0.6) is 5.75 Å². The minimum atomic E-state index is -0.964. The van der Waals surface area contributed by atoms with Gasteiger partial charge in [0.15, 0.2) is 17.3 Å². The van der Waals surface area contributed by atoms with Crippen LogP contribution < -0.4 is 10.2 Å². The molecule has 0 unspecified atom stereocenters. The zero-order chi connectivity index (χ0) is 21.5. The van der Waals surface area contributed by atoms with E-state index in [4.69, 9.17) is 5.26 Å². The van der Waals surface area contributed by atoms with E-state index in [1.165, 1.54) is 11.3 Å². The van der Waals surface area contributed by atoms with Crippen molar-refractivity contribution in [1.29, 1.82) is 5.26 Å². The highest BCUT2D eigenvalue weighted by atomic mass is 32.1. The van der Waals surface area contributed by atoms with Crippen molar-refractivity contribution in [2.24, 2.45) is 0 Å². The molecular formula is C21H20FN7OS. The number of aromatic nitrogens is 4. The van der Waals surface area contributed by atoms with Crippen LogP contribution in [0.2, 0.25) is 0 Å². The molecule has 31 heavy (non-hydrogen) atoms. The number of benzene rings is 1. The number of hydrogen-bond acceptors (Lipinski definition) is 9. The number of nitrogens with zero attached hydrogens (tertiary/aromatic N) is 6. The van der Waals surface area contributed by atoms with Crippen molar-refractivity contribution in [2.75, 3.05) is 11.9 Å². The molecule has 0 spiro atoms.